The first kappa shape index (κ1) is 15.8. The maximum atomic E-state index is 12.1. The lowest BCUT2D eigenvalue weighted by atomic mass is 10.2. The van der Waals surface area contributed by atoms with Crippen molar-refractivity contribution in [3.05, 3.63) is 48.8 Å². The number of aromatic nitrogens is 1. The van der Waals surface area contributed by atoms with Crippen molar-refractivity contribution in [1.29, 1.82) is 0 Å². The number of benzene rings is 1. The molecule has 23 heavy (non-hydrogen) atoms. The van der Waals surface area contributed by atoms with Crippen LogP contribution in [0.5, 0.6) is 11.5 Å². The topological polar surface area (TPSA) is 63.2 Å². The van der Waals surface area contributed by atoms with E-state index in [2.05, 4.69) is 15.6 Å². The fourth-order valence-electron chi connectivity index (χ4n) is 2.34. The average molecular weight is 329 g/mol. The summed E-state index contributed by atoms with van der Waals surface area (Å²) in [6.07, 6.45) is 3.87. The minimum Gasteiger partial charge on any atom is -0.457 e. The van der Waals surface area contributed by atoms with Crippen LogP contribution in [0.15, 0.2) is 48.8 Å². The summed E-state index contributed by atoms with van der Waals surface area (Å²) in [6.45, 7) is 0.976. The summed E-state index contributed by atoms with van der Waals surface area (Å²) in [5.41, 5.74) is 0.778. The number of rotatable bonds is 5. The Kier molecular flexibility index (Phi) is 5.50. The molecular formula is C17H19N3O2S. The van der Waals surface area contributed by atoms with E-state index in [-0.39, 0.29) is 11.9 Å². The van der Waals surface area contributed by atoms with E-state index in [4.69, 9.17) is 4.74 Å². The van der Waals surface area contributed by atoms with Crippen LogP contribution >= 0.6 is 11.8 Å². The van der Waals surface area contributed by atoms with Gasteiger partial charge in [-0.25, -0.2) is 0 Å². The average Bonchev–Trinajstić information content (AvgIpc) is 2.58. The van der Waals surface area contributed by atoms with Crippen LogP contribution < -0.4 is 15.4 Å². The Morgan fingerprint density at radius 1 is 1.22 bits per heavy atom. The molecule has 5 nitrogen and oxygen atoms in total. The second-order valence-corrected chi connectivity index (χ2v) is 6.44. The predicted molar refractivity (Wildman–Crippen MR) is 93.1 cm³/mol. The lowest BCUT2D eigenvalue weighted by Gasteiger charge is -2.22. The highest BCUT2D eigenvalue weighted by Gasteiger charge is 2.16. The van der Waals surface area contributed by atoms with E-state index in [9.17, 15) is 4.79 Å². The molecule has 0 spiro atoms. The Labute approximate surface area is 139 Å². The fourth-order valence-corrected chi connectivity index (χ4v) is 3.28. The van der Waals surface area contributed by atoms with Gasteiger partial charge in [-0.15, -0.1) is 0 Å². The molecule has 1 aromatic heterocycles. The Hall–Kier alpha value is -2.05. The number of carbonyl (C=O) groups excluding carboxylic acids is 1. The second kappa shape index (κ2) is 7.99. The number of nitrogens with one attached hydrogen (secondary N) is 2. The highest BCUT2D eigenvalue weighted by molar-refractivity contribution is 7.99. The number of ether oxygens (including phenoxy) is 1. The zero-order valence-corrected chi connectivity index (χ0v) is 13.5. The quantitative estimate of drug-likeness (QED) is 0.883. The van der Waals surface area contributed by atoms with Gasteiger partial charge in [0.25, 0.3) is 0 Å². The van der Waals surface area contributed by atoms with Crippen molar-refractivity contribution in [3.8, 4) is 11.5 Å². The summed E-state index contributed by atoms with van der Waals surface area (Å²) in [5, 5.41) is 6.29. The first-order valence-electron chi connectivity index (χ1n) is 7.58. The van der Waals surface area contributed by atoms with Gasteiger partial charge in [-0.2, -0.15) is 11.8 Å². The van der Waals surface area contributed by atoms with Crippen LogP contribution in [0.3, 0.4) is 0 Å². The fraction of sp³-hybridized carbons (Fsp3) is 0.294. The van der Waals surface area contributed by atoms with E-state index >= 15 is 0 Å². The molecule has 1 amide bonds. The molecule has 1 aliphatic rings. The van der Waals surface area contributed by atoms with Crippen LogP contribution in [0.2, 0.25) is 0 Å². The zero-order chi connectivity index (χ0) is 15.9. The maximum absolute atomic E-state index is 12.1. The first-order valence-corrected chi connectivity index (χ1v) is 8.74. The van der Waals surface area contributed by atoms with E-state index in [1.807, 2.05) is 36.0 Å². The number of carbonyl (C=O) groups is 1. The summed E-state index contributed by atoms with van der Waals surface area (Å²) in [5.74, 6) is 3.61. The predicted octanol–water partition coefficient (Wildman–Crippen LogP) is 2.91. The molecule has 0 aliphatic carbocycles. The van der Waals surface area contributed by atoms with Crippen LogP contribution in [-0.2, 0) is 4.79 Å². The standard InChI is InChI=1S/C17H19N3O2S/c21-17(11-14-12-23-10-9-19-14)20-13-1-3-15(4-2-13)22-16-5-7-18-8-6-16/h1-8,14,19H,9-12H2,(H,20,21). The van der Waals surface area contributed by atoms with Crippen molar-refractivity contribution in [1.82, 2.24) is 10.3 Å². The lowest BCUT2D eigenvalue weighted by molar-refractivity contribution is -0.116. The number of hydrogen-bond donors (Lipinski definition) is 2. The molecule has 0 radical (unpaired) electrons. The SMILES string of the molecule is O=C(CC1CSCCN1)Nc1ccc(Oc2ccncc2)cc1. The summed E-state index contributed by atoms with van der Waals surface area (Å²) >= 11 is 1.89. The number of pyridine rings is 1. The van der Waals surface area contributed by atoms with Gasteiger partial charge in [0.05, 0.1) is 0 Å². The van der Waals surface area contributed by atoms with Crippen LogP contribution in [0.4, 0.5) is 5.69 Å². The van der Waals surface area contributed by atoms with Crippen molar-refractivity contribution >= 4 is 23.4 Å². The number of hydrogen-bond acceptors (Lipinski definition) is 5. The molecule has 1 fully saturated rings. The van der Waals surface area contributed by atoms with Crippen molar-refractivity contribution in [2.24, 2.45) is 0 Å². The third-order valence-electron chi connectivity index (χ3n) is 3.45. The molecule has 2 N–H and O–H groups in total. The van der Waals surface area contributed by atoms with E-state index < -0.39 is 0 Å². The molecule has 1 saturated heterocycles. The van der Waals surface area contributed by atoms with Gasteiger partial charge in [0.2, 0.25) is 5.91 Å². The normalized spacial score (nSPS) is 17.5. The summed E-state index contributed by atoms with van der Waals surface area (Å²) in [7, 11) is 0. The highest BCUT2D eigenvalue weighted by atomic mass is 32.2. The minimum atomic E-state index is 0.0350. The lowest BCUT2D eigenvalue weighted by Crippen LogP contribution is -2.39. The number of anilines is 1. The Morgan fingerprint density at radius 3 is 2.65 bits per heavy atom. The minimum absolute atomic E-state index is 0.0350. The summed E-state index contributed by atoms with van der Waals surface area (Å²) in [6, 6.07) is 11.2. The molecule has 1 atom stereocenters. The molecule has 0 saturated carbocycles. The van der Waals surface area contributed by atoms with Gasteiger partial charge in [-0.05, 0) is 36.4 Å². The summed E-state index contributed by atoms with van der Waals surface area (Å²) in [4.78, 5) is 16.0. The van der Waals surface area contributed by atoms with Gasteiger partial charge in [-0.1, -0.05) is 0 Å². The molecule has 2 heterocycles. The Bertz CT molecular complexity index is 628. The summed E-state index contributed by atoms with van der Waals surface area (Å²) < 4.78 is 5.69. The van der Waals surface area contributed by atoms with E-state index in [1.165, 1.54) is 0 Å². The van der Waals surface area contributed by atoms with E-state index in [0.717, 1.165) is 35.2 Å². The molecule has 0 bridgehead atoms. The molecule has 2 aromatic rings. The van der Waals surface area contributed by atoms with E-state index in [1.54, 1.807) is 24.5 Å². The molecule has 3 rings (SSSR count). The smallest absolute Gasteiger partial charge is 0.225 e. The largest absolute Gasteiger partial charge is 0.457 e. The number of thioether (sulfide) groups is 1. The van der Waals surface area contributed by atoms with Crippen molar-refractivity contribution in [2.75, 3.05) is 23.4 Å². The molecule has 1 aliphatic heterocycles. The van der Waals surface area contributed by atoms with Gasteiger partial charge >= 0.3 is 0 Å². The third-order valence-corrected chi connectivity index (χ3v) is 4.58. The molecule has 120 valence electrons. The van der Waals surface area contributed by atoms with Crippen LogP contribution in [0.25, 0.3) is 0 Å². The van der Waals surface area contributed by atoms with Crippen LogP contribution in [0.1, 0.15) is 6.42 Å². The van der Waals surface area contributed by atoms with Gasteiger partial charge in [-0.3, -0.25) is 9.78 Å². The van der Waals surface area contributed by atoms with Crippen molar-refractivity contribution in [3.63, 3.8) is 0 Å². The third kappa shape index (κ3) is 4.97. The van der Waals surface area contributed by atoms with Crippen LogP contribution in [-0.4, -0.2) is 35.0 Å². The van der Waals surface area contributed by atoms with Crippen LogP contribution in [0, 0.1) is 0 Å². The highest BCUT2D eigenvalue weighted by Crippen LogP contribution is 2.22. The van der Waals surface area contributed by atoms with E-state index in [0.29, 0.717) is 6.42 Å². The molecular weight excluding hydrogens is 310 g/mol. The monoisotopic (exact) mass is 329 g/mol. The molecule has 1 aromatic carbocycles. The Morgan fingerprint density at radius 2 is 1.96 bits per heavy atom. The number of amides is 1. The van der Waals surface area contributed by atoms with Gasteiger partial charge < -0.3 is 15.4 Å². The molecule has 1 unspecified atom stereocenters. The maximum Gasteiger partial charge on any atom is 0.225 e. The number of nitrogens with zero attached hydrogens (tertiary/aromatic N) is 1. The Balaban J connectivity index is 1.51. The van der Waals surface area contributed by atoms with Gasteiger partial charge in [0, 0.05) is 48.6 Å². The first-order chi connectivity index (χ1) is 11.3. The van der Waals surface area contributed by atoms with Crippen molar-refractivity contribution in [2.45, 2.75) is 12.5 Å². The molecule has 6 heteroatoms. The zero-order valence-electron chi connectivity index (χ0n) is 12.7. The second-order valence-electron chi connectivity index (χ2n) is 5.29. The van der Waals surface area contributed by atoms with Gasteiger partial charge in [0.1, 0.15) is 11.5 Å². The van der Waals surface area contributed by atoms with Gasteiger partial charge in [0.15, 0.2) is 0 Å². The van der Waals surface area contributed by atoms with Crippen molar-refractivity contribution < 1.29 is 9.53 Å².